The van der Waals surface area contributed by atoms with Crippen LogP contribution >= 0.6 is 11.3 Å². The minimum Gasteiger partial charge on any atom is -0.405 e. The topological polar surface area (TPSA) is 58.5 Å². The van der Waals surface area contributed by atoms with Gasteiger partial charge in [-0.05, 0) is 6.07 Å². The number of thiazole rings is 1. The molecular formula is C15H14F6N4OS. The lowest BCUT2D eigenvalue weighted by Gasteiger charge is -2.15. The Labute approximate surface area is 154 Å². The molecule has 0 atom stereocenters. The Morgan fingerprint density at radius 1 is 1.11 bits per heavy atom. The molecule has 1 aromatic carbocycles. The van der Waals surface area contributed by atoms with Gasteiger partial charge in [0.05, 0.1) is 6.54 Å². The number of para-hydroxylation sites is 1. The Kier molecular flexibility index (Phi) is 6.52. The predicted molar refractivity (Wildman–Crippen MR) is 87.3 cm³/mol. The SMILES string of the molecule is CN=C(NCc1nc(C(F)(F)F)cs1)NCc1ccccc1OC(F)(F)F. The van der Waals surface area contributed by atoms with E-state index < -0.39 is 18.2 Å². The summed E-state index contributed by atoms with van der Waals surface area (Å²) >= 11 is 0.831. The van der Waals surface area contributed by atoms with E-state index in [9.17, 15) is 26.3 Å². The smallest absolute Gasteiger partial charge is 0.405 e. The number of aliphatic imine (C=N–C) groups is 1. The van der Waals surface area contributed by atoms with Crippen LogP contribution in [0.25, 0.3) is 0 Å². The molecule has 0 saturated heterocycles. The third-order valence-corrected chi connectivity index (χ3v) is 3.97. The first-order valence-corrected chi connectivity index (χ1v) is 8.26. The third-order valence-electron chi connectivity index (χ3n) is 3.12. The van der Waals surface area contributed by atoms with Crippen LogP contribution in [-0.4, -0.2) is 24.4 Å². The standard InChI is InChI=1S/C15H14F6N4OS/c1-22-13(24-7-12-25-11(8-27-12)14(16,17)18)23-6-9-4-2-3-5-10(9)26-15(19,20)21/h2-5,8H,6-7H2,1H3,(H2,22,23,24). The first kappa shape index (κ1) is 20.8. The summed E-state index contributed by atoms with van der Waals surface area (Å²) in [5.74, 6) is -0.178. The second-order valence-electron chi connectivity index (χ2n) is 5.06. The number of alkyl halides is 6. The average Bonchev–Trinajstić information content (AvgIpc) is 3.04. The zero-order chi connectivity index (χ0) is 20.1. The molecule has 0 saturated carbocycles. The lowest BCUT2D eigenvalue weighted by atomic mass is 10.2. The molecule has 1 heterocycles. The molecule has 0 aliphatic carbocycles. The van der Waals surface area contributed by atoms with Crippen molar-refractivity contribution in [1.82, 2.24) is 15.6 Å². The first-order valence-electron chi connectivity index (χ1n) is 7.38. The summed E-state index contributed by atoms with van der Waals surface area (Å²) in [5.41, 5.74) is -0.753. The minimum absolute atomic E-state index is 0.0267. The van der Waals surface area contributed by atoms with Gasteiger partial charge in [0.15, 0.2) is 11.7 Å². The molecule has 0 radical (unpaired) electrons. The van der Waals surface area contributed by atoms with E-state index in [1.807, 2.05) is 0 Å². The van der Waals surface area contributed by atoms with Crippen LogP contribution in [0.1, 0.15) is 16.3 Å². The van der Waals surface area contributed by atoms with Crippen LogP contribution in [0.15, 0.2) is 34.6 Å². The van der Waals surface area contributed by atoms with Crippen LogP contribution in [0, 0.1) is 0 Å². The highest BCUT2D eigenvalue weighted by atomic mass is 32.1. The fraction of sp³-hybridized carbons (Fsp3) is 0.333. The zero-order valence-corrected chi connectivity index (χ0v) is 14.6. The van der Waals surface area contributed by atoms with Crippen molar-refractivity contribution in [3.63, 3.8) is 0 Å². The van der Waals surface area contributed by atoms with Gasteiger partial charge in [-0.1, -0.05) is 18.2 Å². The normalized spacial score (nSPS) is 12.8. The number of hydrogen-bond acceptors (Lipinski definition) is 4. The maximum Gasteiger partial charge on any atom is 0.573 e. The largest absolute Gasteiger partial charge is 0.573 e. The number of nitrogens with one attached hydrogen (secondary N) is 2. The number of guanidine groups is 1. The number of benzene rings is 1. The first-order chi connectivity index (χ1) is 12.6. The summed E-state index contributed by atoms with van der Waals surface area (Å²) in [6.45, 7) is -0.0707. The summed E-state index contributed by atoms with van der Waals surface area (Å²) in [6.07, 6.45) is -9.34. The monoisotopic (exact) mass is 412 g/mol. The molecule has 2 aromatic rings. The van der Waals surface area contributed by atoms with Crippen LogP contribution in [0.2, 0.25) is 0 Å². The maximum atomic E-state index is 12.5. The molecular weight excluding hydrogens is 398 g/mol. The van der Waals surface area contributed by atoms with Gasteiger partial charge in [-0.25, -0.2) is 4.98 Å². The zero-order valence-electron chi connectivity index (χ0n) is 13.8. The highest BCUT2D eigenvalue weighted by Crippen LogP contribution is 2.30. The van der Waals surface area contributed by atoms with Gasteiger partial charge in [0.1, 0.15) is 10.8 Å². The van der Waals surface area contributed by atoms with Crippen molar-refractivity contribution in [1.29, 1.82) is 0 Å². The molecule has 0 aliphatic heterocycles. The van der Waals surface area contributed by atoms with E-state index in [1.54, 1.807) is 6.07 Å². The summed E-state index contributed by atoms with van der Waals surface area (Å²) in [4.78, 5) is 7.33. The van der Waals surface area contributed by atoms with E-state index in [0.717, 1.165) is 16.7 Å². The Balaban J connectivity index is 1.94. The molecule has 0 fully saturated rings. The Morgan fingerprint density at radius 2 is 1.78 bits per heavy atom. The van der Waals surface area contributed by atoms with Crippen LogP contribution < -0.4 is 15.4 Å². The number of halogens is 6. The van der Waals surface area contributed by atoms with Gasteiger partial charge < -0.3 is 15.4 Å². The van der Waals surface area contributed by atoms with Crippen LogP contribution in [0.3, 0.4) is 0 Å². The quantitative estimate of drug-likeness (QED) is 0.444. The number of nitrogens with zero attached hydrogens (tertiary/aromatic N) is 2. The average molecular weight is 412 g/mol. The Morgan fingerprint density at radius 3 is 2.37 bits per heavy atom. The summed E-state index contributed by atoms with van der Waals surface area (Å²) in [5, 5.41) is 6.60. The van der Waals surface area contributed by atoms with Crippen molar-refractivity contribution in [2.24, 2.45) is 4.99 Å². The Bertz CT molecular complexity index is 787. The molecule has 1 aromatic heterocycles. The van der Waals surface area contributed by atoms with Crippen molar-refractivity contribution in [2.75, 3.05) is 7.05 Å². The van der Waals surface area contributed by atoms with Crippen LogP contribution in [-0.2, 0) is 19.3 Å². The van der Waals surface area contributed by atoms with E-state index in [0.29, 0.717) is 0 Å². The van der Waals surface area contributed by atoms with Gasteiger partial charge >= 0.3 is 12.5 Å². The number of hydrogen-bond donors (Lipinski definition) is 2. The van der Waals surface area contributed by atoms with Gasteiger partial charge in [0.25, 0.3) is 0 Å². The second-order valence-corrected chi connectivity index (χ2v) is 6.00. The second kappa shape index (κ2) is 8.46. The minimum atomic E-state index is -4.82. The van der Waals surface area contributed by atoms with E-state index in [2.05, 4.69) is 25.3 Å². The van der Waals surface area contributed by atoms with Gasteiger partial charge in [-0.3, -0.25) is 4.99 Å². The third kappa shape index (κ3) is 6.62. The van der Waals surface area contributed by atoms with Crippen LogP contribution in [0.5, 0.6) is 5.75 Å². The number of aromatic nitrogens is 1. The fourth-order valence-electron chi connectivity index (χ4n) is 1.96. The van der Waals surface area contributed by atoms with Gasteiger partial charge in [-0.15, -0.1) is 24.5 Å². The summed E-state index contributed by atoms with van der Waals surface area (Å²) < 4.78 is 78.8. The molecule has 2 N–H and O–H groups in total. The van der Waals surface area contributed by atoms with Crippen molar-refractivity contribution in [3.05, 3.63) is 45.9 Å². The Hall–Kier alpha value is -2.50. The van der Waals surface area contributed by atoms with E-state index in [1.165, 1.54) is 25.2 Å². The molecule has 27 heavy (non-hydrogen) atoms. The van der Waals surface area contributed by atoms with Crippen molar-refractivity contribution >= 4 is 17.3 Å². The van der Waals surface area contributed by atoms with E-state index in [4.69, 9.17) is 0 Å². The molecule has 0 amide bonds. The maximum absolute atomic E-state index is 12.5. The molecule has 148 valence electrons. The number of ether oxygens (including phenoxy) is 1. The van der Waals surface area contributed by atoms with Crippen molar-refractivity contribution in [2.45, 2.75) is 25.6 Å². The predicted octanol–water partition coefficient (Wildman–Crippen LogP) is 3.93. The highest BCUT2D eigenvalue weighted by Gasteiger charge is 2.33. The van der Waals surface area contributed by atoms with Gasteiger partial charge in [-0.2, -0.15) is 13.2 Å². The molecule has 0 spiro atoms. The molecule has 0 unspecified atom stereocenters. The highest BCUT2D eigenvalue weighted by molar-refractivity contribution is 7.09. The van der Waals surface area contributed by atoms with Gasteiger partial charge in [0.2, 0.25) is 0 Å². The molecule has 2 rings (SSSR count). The fourth-order valence-corrected chi connectivity index (χ4v) is 2.70. The summed E-state index contributed by atoms with van der Waals surface area (Å²) in [6, 6.07) is 5.57. The van der Waals surface area contributed by atoms with Crippen LogP contribution in [0.4, 0.5) is 26.3 Å². The molecule has 0 bridgehead atoms. The number of rotatable bonds is 5. The van der Waals surface area contributed by atoms with E-state index >= 15 is 0 Å². The van der Waals surface area contributed by atoms with Crippen molar-refractivity contribution < 1.29 is 31.1 Å². The molecule has 12 heteroatoms. The van der Waals surface area contributed by atoms with Gasteiger partial charge in [0, 0.05) is 24.5 Å². The molecule has 0 aliphatic rings. The lowest BCUT2D eigenvalue weighted by Crippen LogP contribution is -2.36. The van der Waals surface area contributed by atoms with Crippen molar-refractivity contribution in [3.8, 4) is 5.75 Å². The van der Waals surface area contributed by atoms with E-state index in [-0.39, 0.29) is 35.4 Å². The molecule has 5 nitrogen and oxygen atoms in total. The summed E-state index contributed by atoms with van der Waals surface area (Å²) in [7, 11) is 1.41. The lowest BCUT2D eigenvalue weighted by molar-refractivity contribution is -0.274.